The molecular formula is C14H14FN5. The predicted octanol–water partition coefficient (Wildman–Crippen LogP) is 2.42. The van der Waals surface area contributed by atoms with Gasteiger partial charge >= 0.3 is 0 Å². The van der Waals surface area contributed by atoms with E-state index in [0.29, 0.717) is 12.4 Å². The maximum atomic E-state index is 13.0. The second-order valence-corrected chi connectivity index (χ2v) is 4.62. The molecule has 0 bridgehead atoms. The van der Waals surface area contributed by atoms with Gasteiger partial charge in [0.2, 0.25) is 5.95 Å². The number of nitrogens with zero attached hydrogens (tertiary/aromatic N) is 4. The Morgan fingerprint density at radius 3 is 3.00 bits per heavy atom. The smallest absolute Gasteiger partial charge is 0.214 e. The molecule has 102 valence electrons. The van der Waals surface area contributed by atoms with E-state index in [0.717, 1.165) is 22.3 Å². The average molecular weight is 271 g/mol. The minimum absolute atomic E-state index is 0.494. The molecule has 3 aromatic heterocycles. The molecular weight excluding hydrogens is 257 g/mol. The quantitative estimate of drug-likeness (QED) is 0.743. The molecule has 0 aromatic carbocycles. The first-order chi connectivity index (χ1) is 9.63. The minimum atomic E-state index is -0.494. The molecule has 0 amide bonds. The van der Waals surface area contributed by atoms with Crippen molar-refractivity contribution in [3.05, 3.63) is 47.7 Å². The predicted molar refractivity (Wildman–Crippen MR) is 74.8 cm³/mol. The fourth-order valence-electron chi connectivity index (χ4n) is 2.15. The van der Waals surface area contributed by atoms with Crippen molar-refractivity contribution in [1.82, 2.24) is 19.7 Å². The molecule has 0 aliphatic carbocycles. The van der Waals surface area contributed by atoms with Crippen molar-refractivity contribution >= 4 is 16.9 Å². The molecule has 0 unspecified atom stereocenters. The Balaban J connectivity index is 1.83. The zero-order chi connectivity index (χ0) is 14.1. The second-order valence-electron chi connectivity index (χ2n) is 4.62. The van der Waals surface area contributed by atoms with Gasteiger partial charge in [0, 0.05) is 25.2 Å². The van der Waals surface area contributed by atoms with E-state index in [4.69, 9.17) is 0 Å². The van der Waals surface area contributed by atoms with Crippen LogP contribution in [0.4, 0.5) is 10.2 Å². The van der Waals surface area contributed by atoms with Crippen molar-refractivity contribution in [3.63, 3.8) is 0 Å². The third-order valence-electron chi connectivity index (χ3n) is 3.11. The number of aromatic nitrogens is 4. The van der Waals surface area contributed by atoms with Crippen LogP contribution in [0.1, 0.15) is 11.3 Å². The summed E-state index contributed by atoms with van der Waals surface area (Å²) >= 11 is 0. The summed E-state index contributed by atoms with van der Waals surface area (Å²) in [6.07, 6.45) is 1.79. The lowest BCUT2D eigenvalue weighted by Crippen LogP contribution is -2.02. The van der Waals surface area contributed by atoms with Crippen molar-refractivity contribution in [2.24, 2.45) is 7.05 Å². The first-order valence-electron chi connectivity index (χ1n) is 6.28. The van der Waals surface area contributed by atoms with E-state index in [9.17, 15) is 4.39 Å². The molecule has 6 heteroatoms. The van der Waals surface area contributed by atoms with Gasteiger partial charge < -0.3 is 5.32 Å². The fourth-order valence-corrected chi connectivity index (χ4v) is 2.15. The number of nitrogens with one attached hydrogen (secondary N) is 1. The van der Waals surface area contributed by atoms with Gasteiger partial charge in [-0.2, -0.15) is 9.49 Å². The monoisotopic (exact) mass is 271 g/mol. The van der Waals surface area contributed by atoms with E-state index in [1.165, 1.54) is 6.07 Å². The standard InChI is InChI=1S/C14H14FN5/c1-9-11-6-10(8-17-14(11)20(2)19-9)7-16-13-5-3-4-12(15)18-13/h3-6,8H,7H2,1-2H3,(H,16,18). The van der Waals surface area contributed by atoms with Gasteiger partial charge in [-0.05, 0) is 30.7 Å². The number of hydrogen-bond donors (Lipinski definition) is 1. The molecule has 0 atom stereocenters. The summed E-state index contributed by atoms with van der Waals surface area (Å²) in [5, 5.41) is 8.43. The van der Waals surface area contributed by atoms with Gasteiger partial charge in [0.1, 0.15) is 5.82 Å². The normalized spacial score (nSPS) is 10.9. The maximum Gasteiger partial charge on any atom is 0.214 e. The summed E-state index contributed by atoms with van der Waals surface area (Å²) < 4.78 is 14.7. The van der Waals surface area contributed by atoms with Crippen LogP contribution in [-0.4, -0.2) is 19.7 Å². The molecule has 3 heterocycles. The number of hydrogen-bond acceptors (Lipinski definition) is 4. The van der Waals surface area contributed by atoms with Gasteiger partial charge in [0.05, 0.1) is 5.69 Å². The first-order valence-corrected chi connectivity index (χ1v) is 6.28. The SMILES string of the molecule is Cc1nn(C)c2ncc(CNc3cccc(F)n3)cc12. The topological polar surface area (TPSA) is 55.6 Å². The second kappa shape index (κ2) is 4.88. The van der Waals surface area contributed by atoms with E-state index in [-0.39, 0.29) is 0 Å². The Labute approximate surface area is 115 Å². The molecule has 0 saturated carbocycles. The molecule has 5 nitrogen and oxygen atoms in total. The van der Waals surface area contributed by atoms with Gasteiger partial charge in [-0.25, -0.2) is 9.97 Å². The van der Waals surface area contributed by atoms with Crippen LogP contribution in [0.15, 0.2) is 30.5 Å². The van der Waals surface area contributed by atoms with E-state index in [1.807, 2.05) is 20.0 Å². The average Bonchev–Trinajstić information content (AvgIpc) is 2.72. The van der Waals surface area contributed by atoms with E-state index >= 15 is 0 Å². The number of fused-ring (bicyclic) bond motifs is 1. The highest BCUT2D eigenvalue weighted by molar-refractivity contribution is 5.78. The van der Waals surface area contributed by atoms with Gasteiger partial charge in [0.25, 0.3) is 0 Å². The Bertz CT molecular complexity index is 765. The summed E-state index contributed by atoms with van der Waals surface area (Å²) in [6.45, 7) is 2.49. The van der Waals surface area contributed by atoms with Crippen LogP contribution >= 0.6 is 0 Å². The number of rotatable bonds is 3. The van der Waals surface area contributed by atoms with Crippen LogP contribution in [0.25, 0.3) is 11.0 Å². The fraction of sp³-hybridized carbons (Fsp3) is 0.214. The van der Waals surface area contributed by atoms with Gasteiger partial charge in [-0.15, -0.1) is 0 Å². The lowest BCUT2D eigenvalue weighted by molar-refractivity contribution is 0.585. The summed E-state index contributed by atoms with van der Waals surface area (Å²) in [5.41, 5.74) is 2.80. The lowest BCUT2D eigenvalue weighted by Gasteiger charge is -2.05. The Kier molecular flexibility index (Phi) is 3.06. The van der Waals surface area contributed by atoms with Crippen LogP contribution in [0.5, 0.6) is 0 Å². The van der Waals surface area contributed by atoms with E-state index in [1.54, 1.807) is 23.0 Å². The highest BCUT2D eigenvalue weighted by atomic mass is 19.1. The molecule has 1 N–H and O–H groups in total. The maximum absolute atomic E-state index is 13.0. The van der Waals surface area contributed by atoms with Crippen molar-refractivity contribution in [3.8, 4) is 0 Å². The summed E-state index contributed by atoms with van der Waals surface area (Å²) in [6, 6.07) is 6.70. The molecule has 0 aliphatic rings. The van der Waals surface area contributed by atoms with E-state index in [2.05, 4.69) is 20.4 Å². The highest BCUT2D eigenvalue weighted by Crippen LogP contribution is 2.17. The Morgan fingerprint density at radius 1 is 1.35 bits per heavy atom. The van der Waals surface area contributed by atoms with Crippen LogP contribution in [-0.2, 0) is 13.6 Å². The van der Waals surface area contributed by atoms with Gasteiger partial charge in [0.15, 0.2) is 5.65 Å². The zero-order valence-electron chi connectivity index (χ0n) is 11.3. The first kappa shape index (κ1) is 12.5. The van der Waals surface area contributed by atoms with Gasteiger partial charge in [-0.1, -0.05) is 6.07 Å². The molecule has 0 spiro atoms. The Hall–Kier alpha value is -2.50. The zero-order valence-corrected chi connectivity index (χ0v) is 11.3. The number of halogens is 1. The molecule has 3 aromatic rings. The van der Waals surface area contributed by atoms with Gasteiger partial charge in [-0.3, -0.25) is 4.68 Å². The van der Waals surface area contributed by atoms with Crippen molar-refractivity contribution in [2.75, 3.05) is 5.32 Å². The molecule has 0 aliphatic heterocycles. The number of pyridine rings is 2. The van der Waals surface area contributed by atoms with Crippen molar-refractivity contribution in [1.29, 1.82) is 0 Å². The Morgan fingerprint density at radius 2 is 2.20 bits per heavy atom. The van der Waals surface area contributed by atoms with Crippen LogP contribution in [0.2, 0.25) is 0 Å². The lowest BCUT2D eigenvalue weighted by atomic mass is 10.2. The van der Waals surface area contributed by atoms with Crippen molar-refractivity contribution < 1.29 is 4.39 Å². The molecule has 3 rings (SSSR count). The van der Waals surface area contributed by atoms with Crippen LogP contribution in [0, 0.1) is 12.9 Å². The minimum Gasteiger partial charge on any atom is -0.366 e. The largest absolute Gasteiger partial charge is 0.366 e. The van der Waals surface area contributed by atoms with Crippen LogP contribution < -0.4 is 5.32 Å². The molecule has 0 radical (unpaired) electrons. The van der Waals surface area contributed by atoms with Crippen LogP contribution in [0.3, 0.4) is 0 Å². The molecule has 20 heavy (non-hydrogen) atoms. The third kappa shape index (κ3) is 2.32. The van der Waals surface area contributed by atoms with E-state index < -0.39 is 5.95 Å². The molecule has 0 saturated heterocycles. The summed E-state index contributed by atoms with van der Waals surface area (Å²) in [4.78, 5) is 8.15. The summed E-state index contributed by atoms with van der Waals surface area (Å²) in [7, 11) is 1.87. The summed E-state index contributed by atoms with van der Waals surface area (Å²) in [5.74, 6) is 0.0136. The number of aryl methyl sites for hydroxylation is 2. The third-order valence-corrected chi connectivity index (χ3v) is 3.11. The highest BCUT2D eigenvalue weighted by Gasteiger charge is 2.07. The van der Waals surface area contributed by atoms with Crippen molar-refractivity contribution in [2.45, 2.75) is 13.5 Å². The molecule has 0 fully saturated rings. The number of anilines is 1.